The summed E-state index contributed by atoms with van der Waals surface area (Å²) in [6, 6.07) is 15.8. The van der Waals surface area contributed by atoms with E-state index in [1.807, 2.05) is 0 Å². The number of benzene rings is 3. The second-order valence-corrected chi connectivity index (χ2v) is 8.14. The van der Waals surface area contributed by atoms with Crippen molar-refractivity contribution in [3.8, 4) is 0 Å². The van der Waals surface area contributed by atoms with Gasteiger partial charge in [0.15, 0.2) is 0 Å². The maximum absolute atomic E-state index is 13.4. The number of rotatable bonds is 7. The Labute approximate surface area is 205 Å². The van der Waals surface area contributed by atoms with Gasteiger partial charge in [0, 0.05) is 5.69 Å². The Hall–Kier alpha value is -4.60. The number of hydrogen-bond acceptors (Lipinski definition) is 4. The lowest BCUT2D eigenvalue weighted by Gasteiger charge is -2.25. The van der Waals surface area contributed by atoms with Crippen LogP contribution in [0.1, 0.15) is 29.3 Å². The Kier molecular flexibility index (Phi) is 6.77. The zero-order chi connectivity index (χ0) is 25.9. The number of hydrogen-bond donors (Lipinski definition) is 3. The van der Waals surface area contributed by atoms with E-state index in [9.17, 15) is 28.0 Å². The Morgan fingerprint density at radius 2 is 1.50 bits per heavy atom. The van der Waals surface area contributed by atoms with Gasteiger partial charge in [-0.15, -0.1) is 0 Å². The van der Waals surface area contributed by atoms with Gasteiger partial charge in [0.05, 0.1) is 11.3 Å². The molecule has 36 heavy (non-hydrogen) atoms. The summed E-state index contributed by atoms with van der Waals surface area (Å²) >= 11 is 0. The third-order valence-electron chi connectivity index (χ3n) is 5.89. The fourth-order valence-electron chi connectivity index (χ4n) is 4.00. The molecule has 184 valence electrons. The van der Waals surface area contributed by atoms with Crippen molar-refractivity contribution in [3.05, 3.63) is 95.6 Å². The van der Waals surface area contributed by atoms with Crippen LogP contribution in [-0.4, -0.2) is 35.2 Å². The van der Waals surface area contributed by atoms with Crippen molar-refractivity contribution in [1.82, 2.24) is 10.2 Å². The van der Waals surface area contributed by atoms with Crippen molar-refractivity contribution in [2.24, 2.45) is 0 Å². The van der Waals surface area contributed by atoms with E-state index in [4.69, 9.17) is 0 Å². The lowest BCUT2D eigenvalue weighted by molar-refractivity contribution is -0.134. The maximum Gasteiger partial charge on any atom is 0.325 e. The summed E-state index contributed by atoms with van der Waals surface area (Å²) in [5, 5.41) is 7.81. The van der Waals surface area contributed by atoms with Crippen LogP contribution >= 0.6 is 0 Å². The molecular weight excluding hydrogens is 470 g/mol. The highest BCUT2D eigenvalue weighted by molar-refractivity contribution is 6.12. The first-order valence-corrected chi connectivity index (χ1v) is 11.1. The smallest absolute Gasteiger partial charge is 0.324 e. The maximum atomic E-state index is 13.4. The number of carbonyl (C=O) groups excluding carboxylic acids is 4. The molecule has 3 N–H and O–H groups in total. The molecule has 0 aliphatic carbocycles. The number of nitrogens with zero attached hydrogens (tertiary/aromatic N) is 1. The van der Waals surface area contributed by atoms with E-state index in [2.05, 4.69) is 16.0 Å². The zero-order valence-corrected chi connectivity index (χ0v) is 19.2. The van der Waals surface area contributed by atoms with Gasteiger partial charge >= 0.3 is 6.03 Å². The van der Waals surface area contributed by atoms with Crippen molar-refractivity contribution in [1.29, 1.82) is 0 Å². The summed E-state index contributed by atoms with van der Waals surface area (Å²) in [5.74, 6) is -2.83. The molecule has 3 aromatic rings. The predicted octanol–water partition coefficient (Wildman–Crippen LogP) is 4.01. The average Bonchev–Trinajstić information content (AvgIpc) is 3.11. The SMILES string of the molecule is CCC1(c2ccc(F)cc2)NC(=O)N(CC(=O)Nc2ccccc2C(=O)Nc2ccc(F)cc2)C1=O. The van der Waals surface area contributed by atoms with Gasteiger partial charge in [-0.1, -0.05) is 31.2 Å². The lowest BCUT2D eigenvalue weighted by Crippen LogP contribution is -2.44. The van der Waals surface area contributed by atoms with E-state index in [1.165, 1.54) is 60.7 Å². The van der Waals surface area contributed by atoms with E-state index in [0.29, 0.717) is 11.3 Å². The minimum absolute atomic E-state index is 0.126. The summed E-state index contributed by atoms with van der Waals surface area (Å²) in [6.07, 6.45) is 0.188. The highest BCUT2D eigenvalue weighted by Crippen LogP contribution is 2.32. The molecule has 0 aromatic heterocycles. The number of imide groups is 1. The van der Waals surface area contributed by atoms with Crippen LogP contribution in [0, 0.1) is 11.6 Å². The molecule has 0 spiro atoms. The summed E-state index contributed by atoms with van der Waals surface area (Å²) < 4.78 is 26.5. The van der Waals surface area contributed by atoms with Crippen LogP contribution in [0.3, 0.4) is 0 Å². The topological polar surface area (TPSA) is 108 Å². The monoisotopic (exact) mass is 492 g/mol. The summed E-state index contributed by atoms with van der Waals surface area (Å²) in [6.45, 7) is 1.10. The average molecular weight is 492 g/mol. The lowest BCUT2D eigenvalue weighted by atomic mass is 9.87. The molecule has 5 amide bonds. The number of urea groups is 1. The Bertz CT molecular complexity index is 1330. The van der Waals surface area contributed by atoms with Gasteiger partial charge in [-0.2, -0.15) is 0 Å². The zero-order valence-electron chi connectivity index (χ0n) is 19.2. The van der Waals surface area contributed by atoms with E-state index >= 15 is 0 Å². The van der Waals surface area contributed by atoms with Crippen molar-refractivity contribution in [2.45, 2.75) is 18.9 Å². The van der Waals surface area contributed by atoms with Crippen LogP contribution < -0.4 is 16.0 Å². The van der Waals surface area contributed by atoms with E-state index in [0.717, 1.165) is 4.90 Å². The Morgan fingerprint density at radius 3 is 2.14 bits per heavy atom. The normalized spacial score (nSPS) is 17.0. The molecule has 1 aliphatic rings. The van der Waals surface area contributed by atoms with Gasteiger partial charge in [-0.05, 0) is 60.5 Å². The van der Waals surface area contributed by atoms with Crippen LogP contribution in [0.5, 0.6) is 0 Å². The predicted molar refractivity (Wildman–Crippen MR) is 128 cm³/mol. The highest BCUT2D eigenvalue weighted by Gasteiger charge is 2.51. The quantitative estimate of drug-likeness (QED) is 0.433. The first kappa shape index (κ1) is 24.5. The van der Waals surface area contributed by atoms with E-state index < -0.39 is 47.5 Å². The fraction of sp³-hybridized carbons (Fsp3) is 0.154. The van der Waals surface area contributed by atoms with Crippen LogP contribution in [-0.2, 0) is 15.1 Å². The molecule has 10 heteroatoms. The third-order valence-corrected chi connectivity index (χ3v) is 5.89. The first-order valence-electron chi connectivity index (χ1n) is 11.1. The number of para-hydroxylation sites is 1. The highest BCUT2D eigenvalue weighted by atomic mass is 19.1. The molecule has 0 bridgehead atoms. The van der Waals surface area contributed by atoms with E-state index in [-0.39, 0.29) is 17.7 Å². The molecule has 1 heterocycles. The van der Waals surface area contributed by atoms with Gasteiger partial charge < -0.3 is 16.0 Å². The molecule has 4 rings (SSSR count). The van der Waals surface area contributed by atoms with Crippen LogP contribution in [0.4, 0.5) is 25.0 Å². The van der Waals surface area contributed by atoms with Crippen LogP contribution in [0.2, 0.25) is 0 Å². The number of amides is 5. The van der Waals surface area contributed by atoms with Crippen molar-refractivity contribution < 1.29 is 28.0 Å². The van der Waals surface area contributed by atoms with Gasteiger partial charge in [0.1, 0.15) is 23.7 Å². The molecule has 0 saturated carbocycles. The minimum Gasteiger partial charge on any atom is -0.324 e. The van der Waals surface area contributed by atoms with E-state index in [1.54, 1.807) is 19.1 Å². The number of anilines is 2. The molecule has 8 nitrogen and oxygen atoms in total. The van der Waals surface area contributed by atoms with Crippen LogP contribution in [0.15, 0.2) is 72.8 Å². The second kappa shape index (κ2) is 9.95. The molecule has 1 atom stereocenters. The summed E-state index contributed by atoms with van der Waals surface area (Å²) in [7, 11) is 0. The van der Waals surface area contributed by atoms with Gasteiger partial charge in [0.25, 0.3) is 11.8 Å². The molecular formula is C26H22F2N4O4. The molecule has 1 aliphatic heterocycles. The number of halogens is 2. The second-order valence-electron chi connectivity index (χ2n) is 8.14. The standard InChI is InChI=1S/C26H22F2N4O4/c1-2-26(16-7-9-17(27)10-8-16)24(35)32(25(36)31-26)15-22(33)30-21-6-4-3-5-20(21)23(34)29-19-13-11-18(28)12-14-19/h3-14H,2,15H2,1H3,(H,29,34)(H,30,33)(H,31,36). The molecule has 0 radical (unpaired) electrons. The van der Waals surface area contributed by atoms with Crippen molar-refractivity contribution in [2.75, 3.05) is 17.2 Å². The Morgan fingerprint density at radius 1 is 0.889 bits per heavy atom. The van der Waals surface area contributed by atoms with Gasteiger partial charge in [-0.25, -0.2) is 13.6 Å². The fourth-order valence-corrected chi connectivity index (χ4v) is 4.00. The summed E-state index contributed by atoms with van der Waals surface area (Å²) in [5.41, 5.74) is -0.372. The number of carbonyl (C=O) groups is 4. The number of nitrogens with one attached hydrogen (secondary N) is 3. The largest absolute Gasteiger partial charge is 0.325 e. The van der Waals surface area contributed by atoms with Gasteiger partial charge in [-0.3, -0.25) is 19.3 Å². The Balaban J connectivity index is 1.48. The van der Waals surface area contributed by atoms with Crippen molar-refractivity contribution >= 4 is 35.1 Å². The molecule has 1 saturated heterocycles. The van der Waals surface area contributed by atoms with Gasteiger partial charge in [0.2, 0.25) is 5.91 Å². The molecule has 1 unspecified atom stereocenters. The molecule has 3 aromatic carbocycles. The third kappa shape index (κ3) is 4.78. The van der Waals surface area contributed by atoms with Crippen LogP contribution in [0.25, 0.3) is 0 Å². The molecule has 1 fully saturated rings. The minimum atomic E-state index is -1.42. The summed E-state index contributed by atoms with van der Waals surface area (Å²) in [4.78, 5) is 52.2. The van der Waals surface area contributed by atoms with Crippen molar-refractivity contribution in [3.63, 3.8) is 0 Å². The first-order chi connectivity index (χ1) is 17.2.